The maximum Gasteiger partial charge on any atom is 0.143 e. The quantitative estimate of drug-likeness (QED) is 0.201. The molecule has 0 spiro atoms. The zero-order valence-electron chi connectivity index (χ0n) is 23.4. The van der Waals surface area contributed by atoms with Crippen LogP contribution in [0.3, 0.4) is 0 Å². The van der Waals surface area contributed by atoms with Gasteiger partial charge in [0.05, 0.1) is 0 Å². The number of rotatable bonds is 3. The van der Waals surface area contributed by atoms with E-state index in [1.165, 1.54) is 54.7 Å². The van der Waals surface area contributed by atoms with Crippen LogP contribution in [-0.2, 0) is 0 Å². The number of hydrogen-bond donors (Lipinski definition) is 0. The van der Waals surface area contributed by atoms with Gasteiger partial charge in [-0.1, -0.05) is 140 Å². The molecule has 0 saturated carbocycles. The summed E-state index contributed by atoms with van der Waals surface area (Å²) in [6.45, 7) is 0. The summed E-state index contributed by atoms with van der Waals surface area (Å²) in [7, 11) is 0. The second-order valence-corrected chi connectivity index (χ2v) is 11.2. The Bertz CT molecular complexity index is 2440. The van der Waals surface area contributed by atoms with Gasteiger partial charge in [0.2, 0.25) is 0 Å². The molecule has 1 heteroatoms. The van der Waals surface area contributed by atoms with Crippen LogP contribution < -0.4 is 0 Å². The van der Waals surface area contributed by atoms with Crippen molar-refractivity contribution < 1.29 is 4.42 Å². The van der Waals surface area contributed by atoms with Crippen LogP contribution in [0, 0.1) is 0 Å². The Kier molecular flexibility index (Phi) is 5.27. The Balaban J connectivity index is 1.35. The topological polar surface area (TPSA) is 13.1 Å². The molecule has 9 rings (SSSR count). The number of benzene rings is 8. The predicted octanol–water partition coefficient (Wildman–Crippen LogP) is 12.0. The number of fused-ring (bicyclic) bond motifs is 7. The van der Waals surface area contributed by atoms with E-state index in [2.05, 4.69) is 158 Å². The molecule has 200 valence electrons. The van der Waals surface area contributed by atoms with Crippen molar-refractivity contribution in [1.29, 1.82) is 0 Å². The molecule has 0 aliphatic rings. The van der Waals surface area contributed by atoms with Crippen molar-refractivity contribution in [3.05, 3.63) is 158 Å². The van der Waals surface area contributed by atoms with Crippen molar-refractivity contribution in [3.8, 4) is 33.4 Å². The van der Waals surface area contributed by atoms with E-state index in [-0.39, 0.29) is 0 Å². The van der Waals surface area contributed by atoms with Gasteiger partial charge in [0.25, 0.3) is 0 Å². The van der Waals surface area contributed by atoms with E-state index in [0.29, 0.717) is 0 Å². The van der Waals surface area contributed by atoms with Crippen LogP contribution in [0.15, 0.2) is 162 Å². The Morgan fingerprint density at radius 2 is 0.884 bits per heavy atom. The fourth-order valence-electron chi connectivity index (χ4n) is 6.96. The highest BCUT2D eigenvalue weighted by atomic mass is 16.3. The molecule has 0 radical (unpaired) electrons. The molecule has 1 nitrogen and oxygen atoms in total. The third-order valence-corrected chi connectivity index (χ3v) is 8.86. The van der Waals surface area contributed by atoms with Crippen LogP contribution >= 0.6 is 0 Å². The lowest BCUT2D eigenvalue weighted by molar-refractivity contribution is 0.673. The molecule has 0 amide bonds. The first-order valence-electron chi connectivity index (χ1n) is 14.8. The molecule has 8 aromatic carbocycles. The fourth-order valence-corrected chi connectivity index (χ4v) is 6.96. The lowest BCUT2D eigenvalue weighted by atomic mass is 9.84. The van der Waals surface area contributed by atoms with E-state index >= 15 is 0 Å². The minimum Gasteiger partial charge on any atom is -0.455 e. The first kappa shape index (κ1) is 24.0. The summed E-state index contributed by atoms with van der Waals surface area (Å²) in [6.07, 6.45) is 0. The maximum absolute atomic E-state index is 6.61. The molecular weight excluding hydrogens is 520 g/mol. The standard InChI is InChI=1S/C42H26O/c1-2-12-27(13-3-1)30-15-6-7-17-33(30)41-36-20-10-8-18-34(36)40(35-19-9-11-21-37(35)41)29-23-24-32-38-25-22-28-14-4-5-16-31(28)42(38)43-39(32)26-29/h1-26H. The summed E-state index contributed by atoms with van der Waals surface area (Å²) in [5.74, 6) is 0. The molecule has 1 aromatic heterocycles. The van der Waals surface area contributed by atoms with E-state index in [1.54, 1.807) is 0 Å². The number of hydrogen-bond acceptors (Lipinski definition) is 1. The highest BCUT2D eigenvalue weighted by molar-refractivity contribution is 6.23. The summed E-state index contributed by atoms with van der Waals surface area (Å²) in [6, 6.07) is 56.7. The monoisotopic (exact) mass is 546 g/mol. The molecule has 43 heavy (non-hydrogen) atoms. The minimum atomic E-state index is 0.913. The lowest BCUT2D eigenvalue weighted by Gasteiger charge is -2.19. The second kappa shape index (κ2) is 9.44. The fraction of sp³-hybridized carbons (Fsp3) is 0. The Morgan fingerprint density at radius 3 is 1.60 bits per heavy atom. The SMILES string of the molecule is c1ccc(-c2ccccc2-c2c3ccccc3c(-c3ccc4c(c3)oc3c5ccccc5ccc43)c3ccccc23)cc1. The van der Waals surface area contributed by atoms with Crippen LogP contribution in [0.2, 0.25) is 0 Å². The van der Waals surface area contributed by atoms with Crippen molar-refractivity contribution in [1.82, 2.24) is 0 Å². The zero-order chi connectivity index (χ0) is 28.3. The molecule has 0 fully saturated rings. The van der Waals surface area contributed by atoms with Crippen molar-refractivity contribution in [3.63, 3.8) is 0 Å². The highest BCUT2D eigenvalue weighted by Crippen LogP contribution is 2.46. The summed E-state index contributed by atoms with van der Waals surface area (Å²) < 4.78 is 6.61. The third-order valence-electron chi connectivity index (χ3n) is 8.86. The maximum atomic E-state index is 6.61. The van der Waals surface area contributed by atoms with Gasteiger partial charge in [0.15, 0.2) is 0 Å². The number of furan rings is 1. The minimum absolute atomic E-state index is 0.913. The van der Waals surface area contributed by atoms with Gasteiger partial charge in [-0.25, -0.2) is 0 Å². The van der Waals surface area contributed by atoms with Crippen molar-refractivity contribution in [2.24, 2.45) is 0 Å². The summed E-state index contributed by atoms with van der Waals surface area (Å²) in [5, 5.41) is 9.60. The van der Waals surface area contributed by atoms with Gasteiger partial charge in [0.1, 0.15) is 11.2 Å². The van der Waals surface area contributed by atoms with E-state index in [1.807, 2.05) is 0 Å². The first-order valence-corrected chi connectivity index (χ1v) is 14.8. The average Bonchev–Trinajstić information content (AvgIpc) is 3.46. The Hall–Kier alpha value is -5.66. The van der Waals surface area contributed by atoms with E-state index in [9.17, 15) is 0 Å². The van der Waals surface area contributed by atoms with Crippen LogP contribution in [-0.4, -0.2) is 0 Å². The average molecular weight is 547 g/mol. The molecule has 0 bridgehead atoms. The predicted molar refractivity (Wildman–Crippen MR) is 183 cm³/mol. The third kappa shape index (κ3) is 3.65. The van der Waals surface area contributed by atoms with Gasteiger partial charge in [-0.2, -0.15) is 0 Å². The normalized spacial score (nSPS) is 11.7. The van der Waals surface area contributed by atoms with Crippen molar-refractivity contribution >= 4 is 54.3 Å². The van der Waals surface area contributed by atoms with Gasteiger partial charge in [-0.15, -0.1) is 0 Å². The van der Waals surface area contributed by atoms with Gasteiger partial charge < -0.3 is 4.42 Å². The largest absolute Gasteiger partial charge is 0.455 e. The van der Waals surface area contributed by atoms with Gasteiger partial charge in [-0.3, -0.25) is 0 Å². The molecule has 0 aliphatic heterocycles. The second-order valence-electron chi connectivity index (χ2n) is 11.2. The smallest absolute Gasteiger partial charge is 0.143 e. The van der Waals surface area contributed by atoms with E-state index < -0.39 is 0 Å². The van der Waals surface area contributed by atoms with Crippen molar-refractivity contribution in [2.45, 2.75) is 0 Å². The van der Waals surface area contributed by atoms with E-state index in [0.717, 1.165) is 32.9 Å². The zero-order valence-corrected chi connectivity index (χ0v) is 23.4. The molecular formula is C42H26O. The lowest BCUT2D eigenvalue weighted by Crippen LogP contribution is -1.92. The Morgan fingerprint density at radius 1 is 0.326 bits per heavy atom. The van der Waals surface area contributed by atoms with Gasteiger partial charge in [0, 0.05) is 16.2 Å². The molecule has 0 aliphatic carbocycles. The molecule has 1 heterocycles. The summed E-state index contributed by atoms with van der Waals surface area (Å²) >= 11 is 0. The molecule has 0 atom stereocenters. The van der Waals surface area contributed by atoms with Gasteiger partial charge >= 0.3 is 0 Å². The first-order chi connectivity index (χ1) is 21.3. The van der Waals surface area contributed by atoms with Crippen LogP contribution in [0.25, 0.3) is 87.6 Å². The van der Waals surface area contributed by atoms with Gasteiger partial charge in [-0.05, 0) is 78.5 Å². The van der Waals surface area contributed by atoms with Crippen LogP contribution in [0.4, 0.5) is 0 Å². The summed E-state index contributed by atoms with van der Waals surface area (Å²) in [5.41, 5.74) is 9.23. The summed E-state index contributed by atoms with van der Waals surface area (Å²) in [4.78, 5) is 0. The highest BCUT2D eigenvalue weighted by Gasteiger charge is 2.19. The van der Waals surface area contributed by atoms with Crippen molar-refractivity contribution in [2.75, 3.05) is 0 Å². The molecule has 0 saturated heterocycles. The van der Waals surface area contributed by atoms with Crippen LogP contribution in [0.1, 0.15) is 0 Å². The van der Waals surface area contributed by atoms with E-state index in [4.69, 9.17) is 4.42 Å². The molecule has 0 unspecified atom stereocenters. The Labute approximate surface area is 249 Å². The molecule has 9 aromatic rings. The molecule has 0 N–H and O–H groups in total. The van der Waals surface area contributed by atoms with Crippen LogP contribution in [0.5, 0.6) is 0 Å².